The number of carbonyl (C=O) groups is 1. The van der Waals surface area contributed by atoms with Crippen LogP contribution in [0.15, 0.2) is 29.3 Å². The van der Waals surface area contributed by atoms with E-state index >= 15 is 0 Å². The largest absolute Gasteiger partial charge is 0.497 e. The van der Waals surface area contributed by atoms with E-state index < -0.39 is 5.97 Å². The van der Waals surface area contributed by atoms with Crippen LogP contribution in [0, 0.1) is 11.3 Å². The molecule has 1 saturated carbocycles. The number of esters is 1. The van der Waals surface area contributed by atoms with E-state index in [1.54, 1.807) is 38.5 Å². The van der Waals surface area contributed by atoms with Gasteiger partial charge < -0.3 is 14.2 Å². The van der Waals surface area contributed by atoms with E-state index in [1.165, 1.54) is 11.8 Å². The number of nitrogens with zero attached hydrogens (tertiary/aromatic N) is 2. The minimum atomic E-state index is -0.545. The van der Waals surface area contributed by atoms with E-state index in [2.05, 4.69) is 11.1 Å². The van der Waals surface area contributed by atoms with Crippen LogP contribution < -0.4 is 9.47 Å². The fraction of sp³-hybridized carbons (Fsp3) is 0.350. The first kappa shape index (κ1) is 19.1. The molecule has 0 spiro atoms. The molecular weight excluding hydrogens is 364 g/mol. The number of hydrogen-bond donors (Lipinski definition) is 0. The van der Waals surface area contributed by atoms with Gasteiger partial charge in [0.05, 0.1) is 25.3 Å². The number of methoxy groups -OCH3 is 2. The third kappa shape index (κ3) is 4.17. The van der Waals surface area contributed by atoms with Crippen LogP contribution in [0.1, 0.15) is 45.9 Å². The molecule has 1 aromatic heterocycles. The Morgan fingerprint density at radius 1 is 1.30 bits per heavy atom. The number of rotatable bonds is 7. The van der Waals surface area contributed by atoms with Crippen LogP contribution in [0.25, 0.3) is 0 Å². The van der Waals surface area contributed by atoms with E-state index in [0.29, 0.717) is 28.0 Å². The van der Waals surface area contributed by atoms with Crippen molar-refractivity contribution in [3.8, 4) is 17.6 Å². The monoisotopic (exact) mass is 384 g/mol. The second-order valence-electron chi connectivity index (χ2n) is 6.12. The van der Waals surface area contributed by atoms with Crippen molar-refractivity contribution >= 4 is 17.7 Å². The lowest BCUT2D eigenvalue weighted by Crippen LogP contribution is -2.11. The SMILES string of the molecule is COc1ccc(OC)c(COC(=O)c2cc(C3CC3)nc(SC)c2C#N)c1. The Balaban J connectivity index is 1.86. The molecule has 2 aromatic rings. The summed E-state index contributed by atoms with van der Waals surface area (Å²) in [6.07, 6.45) is 3.96. The third-order valence-corrected chi connectivity index (χ3v) is 5.06. The maximum atomic E-state index is 12.7. The second-order valence-corrected chi connectivity index (χ2v) is 6.91. The molecule has 0 unspecified atom stereocenters. The highest BCUT2D eigenvalue weighted by Gasteiger charge is 2.29. The van der Waals surface area contributed by atoms with Crippen molar-refractivity contribution in [2.24, 2.45) is 0 Å². The highest BCUT2D eigenvalue weighted by Crippen LogP contribution is 2.40. The third-order valence-electron chi connectivity index (χ3n) is 4.37. The minimum absolute atomic E-state index is 0.0137. The predicted molar refractivity (Wildman–Crippen MR) is 101 cm³/mol. The number of benzene rings is 1. The summed E-state index contributed by atoms with van der Waals surface area (Å²) in [5.74, 6) is 1.07. The molecule has 7 heteroatoms. The van der Waals surface area contributed by atoms with Gasteiger partial charge in [-0.1, -0.05) is 0 Å². The molecule has 1 aliphatic carbocycles. The molecule has 0 bridgehead atoms. The van der Waals surface area contributed by atoms with Gasteiger partial charge in [0.15, 0.2) is 0 Å². The summed E-state index contributed by atoms with van der Waals surface area (Å²) in [6, 6.07) is 9.07. The van der Waals surface area contributed by atoms with Crippen LogP contribution >= 0.6 is 11.8 Å². The Morgan fingerprint density at radius 3 is 2.67 bits per heavy atom. The molecule has 1 aliphatic rings. The van der Waals surface area contributed by atoms with Crippen molar-refractivity contribution in [2.75, 3.05) is 20.5 Å². The summed E-state index contributed by atoms with van der Waals surface area (Å²) < 4.78 is 16.0. The van der Waals surface area contributed by atoms with Gasteiger partial charge in [-0.3, -0.25) is 0 Å². The molecule has 140 valence electrons. The summed E-state index contributed by atoms with van der Waals surface area (Å²) in [6.45, 7) is 0.0137. The van der Waals surface area contributed by atoms with Gasteiger partial charge in [-0.15, -0.1) is 11.8 Å². The quantitative estimate of drug-likeness (QED) is 0.528. The molecule has 0 N–H and O–H groups in total. The summed E-state index contributed by atoms with van der Waals surface area (Å²) >= 11 is 1.36. The van der Waals surface area contributed by atoms with Crippen molar-refractivity contribution in [2.45, 2.75) is 30.4 Å². The molecule has 1 fully saturated rings. The van der Waals surface area contributed by atoms with Gasteiger partial charge in [0.1, 0.15) is 29.2 Å². The zero-order valence-corrected chi connectivity index (χ0v) is 16.3. The molecular formula is C20H20N2O4S. The second kappa shape index (κ2) is 8.31. The average molecular weight is 384 g/mol. The van der Waals surface area contributed by atoms with Crippen LogP contribution in [0.2, 0.25) is 0 Å². The number of thioether (sulfide) groups is 1. The van der Waals surface area contributed by atoms with E-state index in [9.17, 15) is 10.1 Å². The fourth-order valence-electron chi connectivity index (χ4n) is 2.76. The highest BCUT2D eigenvalue weighted by molar-refractivity contribution is 7.98. The number of pyridine rings is 1. The van der Waals surface area contributed by atoms with E-state index in [4.69, 9.17) is 14.2 Å². The maximum absolute atomic E-state index is 12.7. The van der Waals surface area contributed by atoms with Crippen LogP contribution in [0.4, 0.5) is 0 Å². The Morgan fingerprint density at radius 2 is 2.07 bits per heavy atom. The van der Waals surface area contributed by atoms with E-state index in [1.807, 2.05) is 6.26 Å². The predicted octanol–water partition coefficient (Wildman–Crippen LogP) is 3.93. The van der Waals surface area contributed by atoms with Crippen LogP contribution in [-0.4, -0.2) is 31.4 Å². The first-order valence-corrected chi connectivity index (χ1v) is 9.70. The topological polar surface area (TPSA) is 81.4 Å². The smallest absolute Gasteiger partial charge is 0.339 e. The molecule has 1 aromatic carbocycles. The minimum Gasteiger partial charge on any atom is -0.497 e. The Hall–Kier alpha value is -2.72. The molecule has 0 radical (unpaired) electrons. The number of aromatic nitrogens is 1. The van der Waals surface area contributed by atoms with Crippen molar-refractivity contribution in [3.63, 3.8) is 0 Å². The Kier molecular flexibility index (Phi) is 5.87. The summed E-state index contributed by atoms with van der Waals surface area (Å²) in [7, 11) is 3.12. The fourth-order valence-corrected chi connectivity index (χ4v) is 3.32. The molecule has 0 amide bonds. The lowest BCUT2D eigenvalue weighted by molar-refractivity contribution is 0.0468. The Bertz CT molecular complexity index is 904. The average Bonchev–Trinajstić information content (AvgIpc) is 3.55. The molecule has 27 heavy (non-hydrogen) atoms. The van der Waals surface area contributed by atoms with Gasteiger partial charge in [-0.25, -0.2) is 9.78 Å². The van der Waals surface area contributed by atoms with E-state index in [0.717, 1.165) is 18.5 Å². The molecule has 1 heterocycles. The van der Waals surface area contributed by atoms with Gasteiger partial charge in [0, 0.05) is 17.2 Å². The van der Waals surface area contributed by atoms with Gasteiger partial charge in [-0.2, -0.15) is 5.26 Å². The summed E-state index contributed by atoms with van der Waals surface area (Å²) in [5, 5.41) is 10.1. The van der Waals surface area contributed by atoms with E-state index in [-0.39, 0.29) is 17.7 Å². The number of hydrogen-bond acceptors (Lipinski definition) is 7. The lowest BCUT2D eigenvalue weighted by Gasteiger charge is -2.13. The van der Waals surface area contributed by atoms with Gasteiger partial charge in [-0.05, 0) is 43.4 Å². The van der Waals surface area contributed by atoms with Crippen LogP contribution in [-0.2, 0) is 11.3 Å². The van der Waals surface area contributed by atoms with Crippen LogP contribution in [0.5, 0.6) is 11.5 Å². The number of carbonyl (C=O) groups excluding carboxylic acids is 1. The van der Waals surface area contributed by atoms with Gasteiger partial charge in [0.2, 0.25) is 0 Å². The molecule has 0 saturated heterocycles. The summed E-state index contributed by atoms with van der Waals surface area (Å²) in [5.41, 5.74) is 2.06. The standard InChI is InChI=1S/C20H20N2O4S/c1-24-14-6-7-18(25-2)13(8-14)11-26-20(23)15-9-17(12-4-5-12)22-19(27-3)16(15)10-21/h6-9,12H,4-5,11H2,1-3H3. The first-order valence-electron chi connectivity index (χ1n) is 8.48. The maximum Gasteiger partial charge on any atom is 0.339 e. The van der Waals surface area contributed by atoms with Gasteiger partial charge >= 0.3 is 5.97 Å². The number of ether oxygens (including phenoxy) is 3. The Labute approximate surface area is 162 Å². The first-order chi connectivity index (χ1) is 13.1. The molecule has 6 nitrogen and oxygen atoms in total. The van der Waals surface area contributed by atoms with Crippen LogP contribution in [0.3, 0.4) is 0 Å². The number of nitriles is 1. The zero-order chi connectivity index (χ0) is 19.4. The molecule has 0 atom stereocenters. The molecule has 3 rings (SSSR count). The zero-order valence-electron chi connectivity index (χ0n) is 15.4. The van der Waals surface area contributed by atoms with Crippen molar-refractivity contribution < 1.29 is 19.0 Å². The summed E-state index contributed by atoms with van der Waals surface area (Å²) in [4.78, 5) is 17.3. The molecule has 0 aliphatic heterocycles. The van der Waals surface area contributed by atoms with Crippen molar-refractivity contribution in [3.05, 3.63) is 46.6 Å². The highest BCUT2D eigenvalue weighted by atomic mass is 32.2. The normalized spacial score (nSPS) is 13.0. The van der Waals surface area contributed by atoms with Crippen molar-refractivity contribution in [1.29, 1.82) is 5.26 Å². The lowest BCUT2D eigenvalue weighted by atomic mass is 10.1. The van der Waals surface area contributed by atoms with Gasteiger partial charge in [0.25, 0.3) is 0 Å². The van der Waals surface area contributed by atoms with Crippen molar-refractivity contribution in [1.82, 2.24) is 4.98 Å².